The molecular weight excluding hydrogens is 189 g/mol. The lowest BCUT2D eigenvalue weighted by atomic mass is 10.2. The van der Waals surface area contributed by atoms with Crippen LogP contribution in [0.5, 0.6) is 0 Å². The van der Waals surface area contributed by atoms with Crippen LogP contribution in [0.3, 0.4) is 0 Å². The number of nitrogens with one attached hydrogen (secondary N) is 1. The molecule has 0 bridgehead atoms. The molecule has 1 unspecified atom stereocenters. The second-order valence-electron chi connectivity index (χ2n) is 3.24. The number of rotatable bonds is 2. The first kappa shape index (κ1) is 10.2. The molecular formula is C9H12FNOS. The van der Waals surface area contributed by atoms with Gasteiger partial charge < -0.3 is 0 Å². The van der Waals surface area contributed by atoms with Gasteiger partial charge in [0.1, 0.15) is 5.82 Å². The summed E-state index contributed by atoms with van der Waals surface area (Å²) in [5.74, 6) is -0.388. The Morgan fingerprint density at radius 2 is 2.15 bits per heavy atom. The molecule has 1 aromatic carbocycles. The topological polar surface area (TPSA) is 40.9 Å². The Labute approximate surface area is 77.8 Å². The normalized spacial score (nSPS) is 15.3. The molecule has 1 rings (SSSR count). The predicted octanol–water partition coefficient (Wildman–Crippen LogP) is 2.31. The van der Waals surface area contributed by atoms with Crippen LogP contribution in [-0.4, -0.2) is 10.5 Å². The molecule has 0 saturated carbocycles. The van der Waals surface area contributed by atoms with Crippen molar-refractivity contribution >= 4 is 9.73 Å². The van der Waals surface area contributed by atoms with Gasteiger partial charge in [0.15, 0.2) is 0 Å². The van der Waals surface area contributed by atoms with Gasteiger partial charge in [-0.2, -0.15) is 0 Å². The van der Waals surface area contributed by atoms with E-state index in [0.29, 0.717) is 5.56 Å². The van der Waals surface area contributed by atoms with Crippen molar-refractivity contribution in [3.05, 3.63) is 35.1 Å². The second-order valence-corrected chi connectivity index (χ2v) is 5.54. The van der Waals surface area contributed by atoms with Gasteiger partial charge in [-0.3, -0.25) is 4.78 Å². The molecule has 0 fully saturated rings. The Balaban J connectivity index is 3.04. The Morgan fingerprint density at radius 3 is 2.62 bits per heavy atom. The molecule has 0 heterocycles. The average Bonchev–Trinajstić information content (AvgIpc) is 1.93. The van der Waals surface area contributed by atoms with Crippen LogP contribution in [-0.2, 0) is 15.5 Å². The van der Waals surface area contributed by atoms with Crippen LogP contribution in [0.2, 0.25) is 0 Å². The zero-order valence-corrected chi connectivity index (χ0v) is 8.45. The average molecular weight is 201 g/mol. The van der Waals surface area contributed by atoms with Crippen LogP contribution in [0.25, 0.3) is 0 Å². The van der Waals surface area contributed by atoms with E-state index in [1.807, 2.05) is 0 Å². The van der Waals surface area contributed by atoms with Gasteiger partial charge in [-0.15, -0.1) is 0 Å². The number of hydrogen-bond acceptors (Lipinski definition) is 2. The minimum Gasteiger partial charge on any atom is -0.253 e. The summed E-state index contributed by atoms with van der Waals surface area (Å²) in [6, 6.07) is 4.73. The maximum atomic E-state index is 13.2. The zero-order chi connectivity index (χ0) is 10.1. The highest BCUT2D eigenvalue weighted by Crippen LogP contribution is 2.12. The van der Waals surface area contributed by atoms with Crippen molar-refractivity contribution in [3.63, 3.8) is 0 Å². The lowest BCUT2D eigenvalue weighted by Gasteiger charge is -2.03. The second kappa shape index (κ2) is 3.46. The van der Waals surface area contributed by atoms with Crippen molar-refractivity contribution < 1.29 is 8.60 Å². The first-order valence-corrected chi connectivity index (χ1v) is 5.98. The third-order valence-corrected chi connectivity index (χ3v) is 2.50. The summed E-state index contributed by atoms with van der Waals surface area (Å²) in [6.45, 7) is 1.79. The van der Waals surface area contributed by atoms with Crippen molar-refractivity contribution in [2.45, 2.75) is 12.7 Å². The number of halogens is 1. The van der Waals surface area contributed by atoms with Crippen LogP contribution in [0.15, 0.2) is 18.2 Å². The maximum Gasteiger partial charge on any atom is 0.127 e. The molecule has 1 atom stereocenters. The van der Waals surface area contributed by atoms with Crippen LogP contribution >= 0.6 is 0 Å². The fourth-order valence-corrected chi connectivity index (χ4v) is 1.89. The van der Waals surface area contributed by atoms with E-state index in [1.54, 1.807) is 19.1 Å². The largest absolute Gasteiger partial charge is 0.253 e. The summed E-state index contributed by atoms with van der Waals surface area (Å²) in [5, 5.41) is 0. The summed E-state index contributed by atoms with van der Waals surface area (Å²) in [5.41, 5.74) is 1.18. The van der Waals surface area contributed by atoms with E-state index in [9.17, 15) is 8.60 Å². The summed E-state index contributed by atoms with van der Waals surface area (Å²) in [6.07, 6.45) is 1.31. The molecule has 0 saturated heterocycles. The van der Waals surface area contributed by atoms with Gasteiger partial charge in [-0.05, 0) is 18.6 Å². The Bertz CT molecular complexity index is 412. The summed E-state index contributed by atoms with van der Waals surface area (Å²) < 4.78 is 31.4. The monoisotopic (exact) mass is 201 g/mol. The summed E-state index contributed by atoms with van der Waals surface area (Å²) in [4.78, 5) is 0. The molecule has 13 heavy (non-hydrogen) atoms. The fraction of sp³-hybridized carbons (Fsp3) is 0.333. The minimum atomic E-state index is -2.65. The molecule has 0 radical (unpaired) electrons. The Morgan fingerprint density at radius 1 is 1.54 bits per heavy atom. The van der Waals surface area contributed by atoms with Gasteiger partial charge in [0.25, 0.3) is 0 Å². The molecule has 0 amide bonds. The highest BCUT2D eigenvalue weighted by atomic mass is 32.2. The quantitative estimate of drug-likeness (QED) is 0.783. The lowest BCUT2D eigenvalue weighted by molar-refractivity contribution is 0.613. The number of benzene rings is 1. The van der Waals surface area contributed by atoms with Crippen LogP contribution in [0.4, 0.5) is 4.39 Å². The van der Waals surface area contributed by atoms with Gasteiger partial charge in [-0.25, -0.2) is 8.60 Å². The minimum absolute atomic E-state index is 0.0148. The SMILES string of the molecule is Cc1ccc(CS(C)(=N)=O)c(F)c1. The van der Waals surface area contributed by atoms with E-state index < -0.39 is 9.73 Å². The zero-order valence-electron chi connectivity index (χ0n) is 7.63. The molecule has 2 nitrogen and oxygen atoms in total. The maximum absolute atomic E-state index is 13.2. The Kier molecular flexibility index (Phi) is 2.71. The predicted molar refractivity (Wildman–Crippen MR) is 51.6 cm³/mol. The van der Waals surface area contributed by atoms with Crippen LogP contribution < -0.4 is 0 Å². The molecule has 0 aliphatic heterocycles. The van der Waals surface area contributed by atoms with E-state index in [-0.39, 0.29) is 11.6 Å². The Hall–Kier alpha value is -0.900. The standard InChI is InChI=1S/C9H12FNOS/c1-7-3-4-8(9(10)5-7)6-13(2,11)12/h3-5,11H,6H2,1-2H3. The fourth-order valence-electron chi connectivity index (χ4n) is 1.07. The smallest absolute Gasteiger partial charge is 0.127 e. The van der Waals surface area contributed by atoms with Crippen molar-refractivity contribution in [2.24, 2.45) is 0 Å². The molecule has 0 aliphatic rings. The van der Waals surface area contributed by atoms with E-state index >= 15 is 0 Å². The number of hydrogen-bond donors (Lipinski definition) is 1. The van der Waals surface area contributed by atoms with Gasteiger partial charge in [0, 0.05) is 21.5 Å². The van der Waals surface area contributed by atoms with Crippen molar-refractivity contribution in [1.29, 1.82) is 4.78 Å². The van der Waals surface area contributed by atoms with E-state index in [2.05, 4.69) is 0 Å². The molecule has 1 aromatic rings. The van der Waals surface area contributed by atoms with Gasteiger partial charge >= 0.3 is 0 Å². The van der Waals surface area contributed by atoms with E-state index in [1.165, 1.54) is 12.3 Å². The highest BCUT2D eigenvalue weighted by Gasteiger charge is 2.06. The van der Waals surface area contributed by atoms with Gasteiger partial charge in [0.2, 0.25) is 0 Å². The molecule has 4 heteroatoms. The van der Waals surface area contributed by atoms with Crippen molar-refractivity contribution in [1.82, 2.24) is 0 Å². The lowest BCUT2D eigenvalue weighted by Crippen LogP contribution is -2.01. The van der Waals surface area contributed by atoms with Gasteiger partial charge in [-0.1, -0.05) is 12.1 Å². The first-order valence-electron chi connectivity index (χ1n) is 3.85. The molecule has 72 valence electrons. The van der Waals surface area contributed by atoms with Crippen LogP contribution in [0.1, 0.15) is 11.1 Å². The third-order valence-electron chi connectivity index (χ3n) is 1.64. The third kappa shape index (κ3) is 3.14. The van der Waals surface area contributed by atoms with Crippen molar-refractivity contribution in [3.8, 4) is 0 Å². The van der Waals surface area contributed by atoms with E-state index in [4.69, 9.17) is 4.78 Å². The highest BCUT2D eigenvalue weighted by molar-refractivity contribution is 7.90. The summed E-state index contributed by atoms with van der Waals surface area (Å²) >= 11 is 0. The summed E-state index contributed by atoms with van der Waals surface area (Å²) in [7, 11) is -2.65. The molecule has 0 spiro atoms. The molecule has 0 aliphatic carbocycles. The molecule has 0 aromatic heterocycles. The molecule has 1 N–H and O–H groups in total. The van der Waals surface area contributed by atoms with Gasteiger partial charge in [0.05, 0.1) is 5.75 Å². The van der Waals surface area contributed by atoms with Crippen LogP contribution in [0, 0.1) is 17.5 Å². The first-order chi connectivity index (χ1) is 5.88. The number of aryl methyl sites for hydroxylation is 1. The van der Waals surface area contributed by atoms with E-state index in [0.717, 1.165) is 5.56 Å². The van der Waals surface area contributed by atoms with Crippen molar-refractivity contribution in [2.75, 3.05) is 6.26 Å².